The van der Waals surface area contributed by atoms with Crippen molar-refractivity contribution in [2.24, 2.45) is 0 Å². The second kappa shape index (κ2) is 7.71. The number of carbonyl (C=O) groups is 1. The highest BCUT2D eigenvalue weighted by Crippen LogP contribution is 2.22. The first kappa shape index (κ1) is 18.8. The monoisotopic (exact) mass is 399 g/mol. The predicted octanol–water partition coefficient (Wildman–Crippen LogP) is 2.72. The van der Waals surface area contributed by atoms with Crippen LogP contribution in [0.25, 0.3) is 0 Å². The Morgan fingerprint density at radius 2 is 1.77 bits per heavy atom. The molecule has 0 aliphatic carbocycles. The van der Waals surface area contributed by atoms with E-state index in [2.05, 4.69) is 0 Å². The summed E-state index contributed by atoms with van der Waals surface area (Å²) < 4.78 is 50.8. The Morgan fingerprint density at radius 3 is 2.42 bits per heavy atom. The van der Waals surface area contributed by atoms with Crippen molar-refractivity contribution in [2.45, 2.75) is 4.90 Å². The van der Waals surface area contributed by atoms with Gasteiger partial charge in [0.2, 0.25) is 10.0 Å². The van der Waals surface area contributed by atoms with Gasteiger partial charge in [0.25, 0.3) is 0 Å². The Labute approximate surface area is 155 Å². The number of benzene rings is 2. The van der Waals surface area contributed by atoms with E-state index in [0.29, 0.717) is 5.02 Å². The van der Waals surface area contributed by atoms with Crippen LogP contribution >= 0.6 is 11.6 Å². The molecule has 26 heavy (non-hydrogen) atoms. The number of carbonyl (C=O) groups excluding carboxylic acids is 1. The van der Waals surface area contributed by atoms with Crippen LogP contribution in [0.1, 0.15) is 10.4 Å². The topological polar surface area (TPSA) is 72.9 Å². The summed E-state index contributed by atoms with van der Waals surface area (Å²) in [5.41, 5.74) is -0.464. The number of rotatable bonds is 4. The molecule has 9 heteroatoms. The zero-order valence-corrected chi connectivity index (χ0v) is 15.1. The van der Waals surface area contributed by atoms with Gasteiger partial charge >= 0.3 is 5.97 Å². The Balaban J connectivity index is 1.87. The summed E-state index contributed by atoms with van der Waals surface area (Å²) in [7, 11) is -3.85. The molecule has 1 aliphatic heterocycles. The number of morpholine rings is 1. The molecule has 0 aromatic heterocycles. The molecule has 0 amide bonds. The second-order valence-electron chi connectivity index (χ2n) is 5.50. The summed E-state index contributed by atoms with van der Waals surface area (Å²) in [6.45, 7) is 0.965. The lowest BCUT2D eigenvalue weighted by molar-refractivity contribution is 0.0724. The van der Waals surface area contributed by atoms with Crippen molar-refractivity contribution < 1.29 is 27.1 Å². The van der Waals surface area contributed by atoms with Crippen molar-refractivity contribution in [3.05, 3.63) is 58.9 Å². The molecule has 1 saturated heterocycles. The van der Waals surface area contributed by atoms with Crippen LogP contribution in [0, 0.1) is 5.82 Å². The van der Waals surface area contributed by atoms with Gasteiger partial charge in [-0.3, -0.25) is 0 Å². The van der Waals surface area contributed by atoms with E-state index in [-0.39, 0.29) is 36.9 Å². The van der Waals surface area contributed by atoms with E-state index in [4.69, 9.17) is 21.1 Å². The number of halogens is 2. The summed E-state index contributed by atoms with van der Waals surface area (Å²) in [4.78, 5) is 12.1. The van der Waals surface area contributed by atoms with Gasteiger partial charge in [-0.1, -0.05) is 11.6 Å². The van der Waals surface area contributed by atoms with Gasteiger partial charge in [-0.15, -0.1) is 0 Å². The number of nitrogens with zero attached hydrogens (tertiary/aromatic N) is 1. The minimum absolute atomic E-state index is 0.167. The fraction of sp³-hybridized carbons (Fsp3) is 0.235. The van der Waals surface area contributed by atoms with Gasteiger partial charge in [0.15, 0.2) is 0 Å². The maximum Gasteiger partial charge on any atom is 0.346 e. The highest BCUT2D eigenvalue weighted by Gasteiger charge is 2.28. The van der Waals surface area contributed by atoms with Crippen molar-refractivity contribution in [3.8, 4) is 5.75 Å². The molecular weight excluding hydrogens is 385 g/mol. The van der Waals surface area contributed by atoms with Gasteiger partial charge in [0.1, 0.15) is 11.6 Å². The molecule has 0 radical (unpaired) electrons. The molecule has 0 N–H and O–H groups in total. The summed E-state index contributed by atoms with van der Waals surface area (Å²) in [5, 5.41) is 0.453. The number of hydrogen-bond acceptors (Lipinski definition) is 5. The lowest BCUT2D eigenvalue weighted by Gasteiger charge is -2.26. The largest absolute Gasteiger partial charge is 0.423 e. The molecule has 2 aromatic rings. The summed E-state index contributed by atoms with van der Waals surface area (Å²) in [6.07, 6.45) is 0. The van der Waals surface area contributed by atoms with E-state index in [9.17, 15) is 17.6 Å². The van der Waals surface area contributed by atoms with Crippen LogP contribution in [-0.2, 0) is 14.8 Å². The molecule has 1 fully saturated rings. The minimum atomic E-state index is -3.85. The quantitative estimate of drug-likeness (QED) is 0.584. The van der Waals surface area contributed by atoms with Gasteiger partial charge in [0.05, 0.1) is 23.7 Å². The Kier molecular flexibility index (Phi) is 5.57. The average molecular weight is 400 g/mol. The molecule has 1 aliphatic rings. The molecule has 3 rings (SSSR count). The molecule has 0 bridgehead atoms. The first-order valence-corrected chi connectivity index (χ1v) is 9.55. The van der Waals surface area contributed by atoms with E-state index in [1.807, 2.05) is 0 Å². The zero-order valence-electron chi connectivity index (χ0n) is 13.5. The SMILES string of the molecule is O=C(Oc1ccc(Cl)cc1)c1cc(S(=O)(=O)N2CCOCC2)ccc1F. The van der Waals surface area contributed by atoms with Crippen molar-refractivity contribution >= 4 is 27.6 Å². The molecule has 2 aromatic carbocycles. The molecule has 1 heterocycles. The van der Waals surface area contributed by atoms with Crippen molar-refractivity contribution in [1.82, 2.24) is 4.31 Å². The normalized spacial score (nSPS) is 15.6. The highest BCUT2D eigenvalue weighted by molar-refractivity contribution is 7.89. The van der Waals surface area contributed by atoms with Crippen LogP contribution in [-0.4, -0.2) is 45.0 Å². The first-order chi connectivity index (χ1) is 12.4. The molecular formula is C17H15ClFNO5S. The Hall–Kier alpha value is -2.00. The maximum absolute atomic E-state index is 14.1. The first-order valence-electron chi connectivity index (χ1n) is 7.73. The van der Waals surface area contributed by atoms with Crippen molar-refractivity contribution in [2.75, 3.05) is 26.3 Å². The second-order valence-corrected chi connectivity index (χ2v) is 7.88. The molecule has 0 atom stereocenters. The molecule has 138 valence electrons. The van der Waals surface area contributed by atoms with Crippen molar-refractivity contribution in [1.29, 1.82) is 0 Å². The standard InChI is InChI=1S/C17H15ClFNO5S/c18-12-1-3-13(4-2-12)25-17(21)15-11-14(5-6-16(15)19)26(22,23)20-7-9-24-10-8-20/h1-6,11H,7-10H2. The smallest absolute Gasteiger partial charge is 0.346 e. The Bertz CT molecular complexity index is 911. The summed E-state index contributed by atoms with van der Waals surface area (Å²) in [6, 6.07) is 8.97. The maximum atomic E-state index is 14.1. The molecule has 0 unspecified atom stereocenters. The van der Waals surface area contributed by atoms with Crippen LogP contribution in [0.15, 0.2) is 47.4 Å². The van der Waals surface area contributed by atoms with E-state index >= 15 is 0 Å². The average Bonchev–Trinajstić information content (AvgIpc) is 2.64. The highest BCUT2D eigenvalue weighted by atomic mass is 35.5. The van der Waals surface area contributed by atoms with Gasteiger partial charge in [-0.05, 0) is 42.5 Å². The van der Waals surface area contributed by atoms with E-state index in [1.54, 1.807) is 0 Å². The van der Waals surface area contributed by atoms with E-state index in [1.165, 1.54) is 28.6 Å². The van der Waals surface area contributed by atoms with Crippen LogP contribution < -0.4 is 4.74 Å². The van der Waals surface area contributed by atoms with E-state index in [0.717, 1.165) is 18.2 Å². The third-order valence-electron chi connectivity index (χ3n) is 3.79. The van der Waals surface area contributed by atoms with Gasteiger partial charge < -0.3 is 9.47 Å². The molecule has 6 nitrogen and oxygen atoms in total. The molecule has 0 spiro atoms. The summed E-state index contributed by atoms with van der Waals surface area (Å²) in [5.74, 6) is -1.70. The van der Waals surface area contributed by atoms with Crippen LogP contribution in [0.4, 0.5) is 4.39 Å². The third kappa shape index (κ3) is 4.04. The van der Waals surface area contributed by atoms with Crippen LogP contribution in [0.5, 0.6) is 5.75 Å². The predicted molar refractivity (Wildman–Crippen MR) is 92.4 cm³/mol. The van der Waals surface area contributed by atoms with Crippen LogP contribution in [0.3, 0.4) is 0 Å². The number of hydrogen-bond donors (Lipinski definition) is 0. The lowest BCUT2D eigenvalue weighted by Crippen LogP contribution is -2.40. The molecule has 0 saturated carbocycles. The lowest BCUT2D eigenvalue weighted by atomic mass is 10.2. The van der Waals surface area contributed by atoms with Gasteiger partial charge in [-0.2, -0.15) is 4.31 Å². The fourth-order valence-electron chi connectivity index (χ4n) is 2.42. The number of sulfonamides is 1. The number of ether oxygens (including phenoxy) is 2. The van der Waals surface area contributed by atoms with E-state index < -0.39 is 27.4 Å². The minimum Gasteiger partial charge on any atom is -0.423 e. The third-order valence-corrected chi connectivity index (χ3v) is 5.94. The van der Waals surface area contributed by atoms with Crippen molar-refractivity contribution in [3.63, 3.8) is 0 Å². The van der Waals surface area contributed by atoms with Crippen LogP contribution in [0.2, 0.25) is 5.02 Å². The number of esters is 1. The zero-order chi connectivity index (χ0) is 18.7. The summed E-state index contributed by atoms with van der Waals surface area (Å²) >= 11 is 5.75. The van der Waals surface area contributed by atoms with Gasteiger partial charge in [-0.25, -0.2) is 17.6 Å². The van der Waals surface area contributed by atoms with Gasteiger partial charge in [0, 0.05) is 18.1 Å². The fourth-order valence-corrected chi connectivity index (χ4v) is 3.98. The Morgan fingerprint density at radius 1 is 1.12 bits per heavy atom.